The molecule has 0 spiro atoms. The molecule has 1 aromatic heterocycles. The van der Waals surface area contributed by atoms with Gasteiger partial charge in [0, 0.05) is 22.2 Å². The smallest absolute Gasteiger partial charge is 0.313 e. The van der Waals surface area contributed by atoms with Gasteiger partial charge in [0.25, 0.3) is 5.56 Å². The van der Waals surface area contributed by atoms with Crippen LogP contribution in [0.15, 0.2) is 71.1 Å². The van der Waals surface area contributed by atoms with Gasteiger partial charge in [-0.1, -0.05) is 50.2 Å². The van der Waals surface area contributed by atoms with Crippen molar-refractivity contribution in [3.05, 3.63) is 103 Å². The van der Waals surface area contributed by atoms with Crippen molar-refractivity contribution in [1.82, 2.24) is 9.66 Å². The van der Waals surface area contributed by atoms with E-state index in [9.17, 15) is 14.9 Å². The highest BCUT2D eigenvalue weighted by molar-refractivity contribution is 6.31. The molecule has 0 N–H and O–H groups in total. The molecule has 4 rings (SSSR count). The molecule has 0 bridgehead atoms. The van der Waals surface area contributed by atoms with Gasteiger partial charge in [-0.3, -0.25) is 14.9 Å². The first kappa shape index (κ1) is 27.5. The summed E-state index contributed by atoms with van der Waals surface area (Å²) in [4.78, 5) is 29.6. The number of rotatable bonds is 9. The molecule has 9 nitrogen and oxygen atoms in total. The third-order valence-electron chi connectivity index (χ3n) is 6.11. The number of nitro groups is 1. The monoisotopic (exact) mass is 546 g/mol. The van der Waals surface area contributed by atoms with Crippen LogP contribution in [-0.4, -0.2) is 34.5 Å². The van der Waals surface area contributed by atoms with E-state index in [2.05, 4.69) is 11.7 Å². The Kier molecular flexibility index (Phi) is 8.11. The first-order chi connectivity index (χ1) is 18.7. The number of para-hydroxylation sites is 1. The van der Waals surface area contributed by atoms with Crippen molar-refractivity contribution in [1.29, 1.82) is 0 Å². The molecule has 0 aliphatic rings. The molecule has 0 unspecified atom stereocenters. The van der Waals surface area contributed by atoms with Gasteiger partial charge in [0.2, 0.25) is 5.75 Å². The number of aromatic nitrogens is 2. The predicted octanol–water partition coefficient (Wildman–Crippen LogP) is 6.51. The van der Waals surface area contributed by atoms with E-state index >= 15 is 0 Å². The lowest BCUT2D eigenvalue weighted by Crippen LogP contribution is -2.21. The Morgan fingerprint density at radius 1 is 1.23 bits per heavy atom. The molecule has 200 valence electrons. The van der Waals surface area contributed by atoms with E-state index in [0.29, 0.717) is 22.3 Å². The van der Waals surface area contributed by atoms with Crippen LogP contribution in [0.2, 0.25) is 5.02 Å². The summed E-state index contributed by atoms with van der Waals surface area (Å²) < 4.78 is 12.4. The Bertz CT molecular complexity index is 1680. The summed E-state index contributed by atoms with van der Waals surface area (Å²) in [5, 5.41) is 16.7. The lowest BCUT2D eigenvalue weighted by molar-refractivity contribution is -0.385. The highest BCUT2D eigenvalue weighted by atomic mass is 35.5. The van der Waals surface area contributed by atoms with Gasteiger partial charge in [-0.25, -0.2) is 4.98 Å². The maximum Gasteiger partial charge on any atom is 0.313 e. The van der Waals surface area contributed by atoms with E-state index < -0.39 is 10.5 Å². The van der Waals surface area contributed by atoms with Crippen LogP contribution >= 0.6 is 11.6 Å². The molecule has 0 saturated carbocycles. The fourth-order valence-corrected chi connectivity index (χ4v) is 4.44. The van der Waals surface area contributed by atoms with Crippen LogP contribution in [-0.2, 0) is 0 Å². The van der Waals surface area contributed by atoms with Crippen molar-refractivity contribution in [2.45, 2.75) is 26.7 Å². The number of ether oxygens (including phenoxy) is 2. The fraction of sp³-hybridized carbons (Fsp3) is 0.207. The molecule has 4 aromatic rings. The molecule has 39 heavy (non-hydrogen) atoms. The minimum atomic E-state index is -0.592. The normalized spacial score (nSPS) is 11.3. The number of benzene rings is 3. The summed E-state index contributed by atoms with van der Waals surface area (Å²) in [6.45, 7) is 9.62. The largest absolute Gasteiger partial charge is 0.496 e. The Balaban J connectivity index is 2.01. The first-order valence-electron chi connectivity index (χ1n) is 12.1. The van der Waals surface area contributed by atoms with Gasteiger partial charge in [-0.05, 0) is 54.3 Å². The number of methoxy groups -OCH3 is 1. The molecular formula is C29H27ClN4O5. The Morgan fingerprint density at radius 3 is 2.64 bits per heavy atom. The first-order valence-corrected chi connectivity index (χ1v) is 12.5. The van der Waals surface area contributed by atoms with E-state index in [4.69, 9.17) is 26.1 Å². The molecule has 0 aliphatic carbocycles. The summed E-state index contributed by atoms with van der Waals surface area (Å²) >= 11 is 6.18. The van der Waals surface area contributed by atoms with Crippen molar-refractivity contribution in [2.24, 2.45) is 5.10 Å². The summed E-state index contributed by atoms with van der Waals surface area (Å²) in [5.74, 6) is 1.14. The van der Waals surface area contributed by atoms with Crippen molar-refractivity contribution in [2.75, 3.05) is 13.7 Å². The predicted molar refractivity (Wildman–Crippen MR) is 154 cm³/mol. The quantitative estimate of drug-likeness (QED) is 0.102. The third-order valence-corrected chi connectivity index (χ3v) is 6.33. The van der Waals surface area contributed by atoms with Crippen LogP contribution < -0.4 is 15.0 Å². The van der Waals surface area contributed by atoms with Crippen LogP contribution in [0.3, 0.4) is 0 Å². The average molecular weight is 547 g/mol. The van der Waals surface area contributed by atoms with E-state index in [1.165, 1.54) is 29.1 Å². The zero-order chi connectivity index (χ0) is 28.3. The molecule has 0 aliphatic heterocycles. The Labute approximate surface area is 230 Å². The van der Waals surface area contributed by atoms with Crippen LogP contribution in [0.4, 0.5) is 5.69 Å². The topological polar surface area (TPSA) is 109 Å². The average Bonchev–Trinajstić information content (AvgIpc) is 2.91. The maximum atomic E-state index is 13.7. The van der Waals surface area contributed by atoms with Crippen molar-refractivity contribution >= 4 is 34.4 Å². The summed E-state index contributed by atoms with van der Waals surface area (Å²) in [5.41, 5.74) is 2.47. The number of nitro benzene ring substituents is 1. The van der Waals surface area contributed by atoms with Crippen LogP contribution in [0, 0.1) is 17.0 Å². The van der Waals surface area contributed by atoms with E-state index in [1.54, 1.807) is 31.4 Å². The van der Waals surface area contributed by atoms with Crippen LogP contribution in [0.1, 0.15) is 36.5 Å². The highest BCUT2D eigenvalue weighted by Gasteiger charge is 2.22. The van der Waals surface area contributed by atoms with Crippen LogP contribution in [0.25, 0.3) is 22.3 Å². The zero-order valence-corrected chi connectivity index (χ0v) is 22.7. The van der Waals surface area contributed by atoms with Gasteiger partial charge >= 0.3 is 5.69 Å². The van der Waals surface area contributed by atoms with Gasteiger partial charge in [-0.2, -0.15) is 9.78 Å². The van der Waals surface area contributed by atoms with Crippen molar-refractivity contribution in [3.63, 3.8) is 0 Å². The maximum absolute atomic E-state index is 13.7. The molecule has 0 saturated heterocycles. The second-order valence-electron chi connectivity index (χ2n) is 9.08. The second kappa shape index (κ2) is 11.5. The third kappa shape index (κ3) is 5.53. The number of nitrogens with zero attached hydrogens (tertiary/aromatic N) is 4. The molecule has 3 aromatic carbocycles. The number of hydrogen-bond donors (Lipinski definition) is 0. The van der Waals surface area contributed by atoms with E-state index in [1.807, 2.05) is 32.9 Å². The van der Waals surface area contributed by atoms with Gasteiger partial charge in [0.15, 0.2) is 5.82 Å². The van der Waals surface area contributed by atoms with E-state index in [0.717, 1.165) is 16.9 Å². The van der Waals surface area contributed by atoms with Crippen LogP contribution in [0.5, 0.6) is 11.5 Å². The van der Waals surface area contributed by atoms with Crippen molar-refractivity contribution in [3.8, 4) is 22.9 Å². The fourth-order valence-electron chi connectivity index (χ4n) is 4.22. The summed E-state index contributed by atoms with van der Waals surface area (Å²) in [6, 6.07) is 13.5. The zero-order valence-electron chi connectivity index (χ0n) is 22.0. The minimum absolute atomic E-state index is 0.0229. The second-order valence-corrected chi connectivity index (χ2v) is 9.51. The van der Waals surface area contributed by atoms with Gasteiger partial charge in [-0.15, -0.1) is 0 Å². The van der Waals surface area contributed by atoms with Gasteiger partial charge < -0.3 is 9.47 Å². The minimum Gasteiger partial charge on any atom is -0.496 e. The number of hydrogen-bond acceptors (Lipinski definition) is 7. The molecule has 0 atom stereocenters. The standard InChI is InChI=1S/C29H27ClN4O5/c1-6-11-39-27-19(13-20(30)14-25(27)34(36)37)16-31-33-28(32-24-10-8-7-9-21(24)29(33)35)23-15-22(17(2)3)26(38-5)12-18(23)4/h6-10,12-17H,1,11H2,2-5H3. The summed E-state index contributed by atoms with van der Waals surface area (Å²) in [7, 11) is 1.62. The number of fused-ring (bicyclic) bond motifs is 1. The highest BCUT2D eigenvalue weighted by Crippen LogP contribution is 2.35. The molecule has 10 heteroatoms. The Morgan fingerprint density at radius 2 is 1.97 bits per heavy atom. The molecular weight excluding hydrogens is 520 g/mol. The Hall–Kier alpha value is -4.50. The SMILES string of the molecule is C=CCOc1c(C=Nn2c(-c3cc(C(C)C)c(OC)cc3C)nc3ccccc3c2=O)cc(Cl)cc1[N+](=O)[O-]. The molecule has 0 fully saturated rings. The number of halogens is 1. The van der Waals surface area contributed by atoms with E-state index in [-0.39, 0.29) is 34.5 Å². The molecule has 0 amide bonds. The molecule has 1 heterocycles. The number of aryl methyl sites for hydroxylation is 1. The summed E-state index contributed by atoms with van der Waals surface area (Å²) in [6.07, 6.45) is 2.77. The molecule has 0 radical (unpaired) electrons. The van der Waals surface area contributed by atoms with Gasteiger partial charge in [0.05, 0.1) is 29.2 Å². The van der Waals surface area contributed by atoms with Gasteiger partial charge in [0.1, 0.15) is 12.4 Å². The lowest BCUT2D eigenvalue weighted by atomic mass is 9.96. The van der Waals surface area contributed by atoms with Crippen molar-refractivity contribution < 1.29 is 14.4 Å². The lowest BCUT2D eigenvalue weighted by Gasteiger charge is -2.17.